The molecule has 112 valence electrons. The van der Waals surface area contributed by atoms with Gasteiger partial charge in [0.15, 0.2) is 5.13 Å². The predicted molar refractivity (Wildman–Crippen MR) is 89.3 cm³/mol. The van der Waals surface area contributed by atoms with Gasteiger partial charge in [-0.2, -0.15) is 0 Å². The third-order valence-electron chi connectivity index (χ3n) is 3.19. The number of aromatic nitrogens is 1. The Morgan fingerprint density at radius 3 is 2.90 bits per heavy atom. The van der Waals surface area contributed by atoms with E-state index in [0.717, 1.165) is 27.1 Å². The minimum Gasteiger partial charge on any atom is -0.379 e. The number of rotatable bonds is 5. The van der Waals surface area contributed by atoms with Crippen LogP contribution in [0.15, 0.2) is 23.6 Å². The molecule has 2 rings (SSSR count). The Kier molecular flexibility index (Phi) is 5.20. The van der Waals surface area contributed by atoms with Crippen molar-refractivity contribution in [3.8, 4) is 0 Å². The molecule has 0 saturated heterocycles. The van der Waals surface area contributed by atoms with Crippen LogP contribution in [0.3, 0.4) is 0 Å². The van der Waals surface area contributed by atoms with Gasteiger partial charge in [-0.1, -0.05) is 17.7 Å². The topological polar surface area (TPSA) is 45.2 Å². The van der Waals surface area contributed by atoms with Gasteiger partial charge in [-0.05, 0) is 31.5 Å². The number of carbonyl (C=O) groups excluding carboxylic acids is 1. The lowest BCUT2D eigenvalue weighted by Gasteiger charge is -2.14. The zero-order valence-corrected chi connectivity index (χ0v) is 13.9. The van der Waals surface area contributed by atoms with Crippen molar-refractivity contribution >= 4 is 39.7 Å². The Bertz CT molecular complexity index is 642. The number of benzene rings is 1. The molecule has 1 aromatic carbocycles. The third-order valence-corrected chi connectivity index (χ3v) is 4.52. The third kappa shape index (κ3) is 3.74. The van der Waals surface area contributed by atoms with E-state index in [1.807, 2.05) is 37.4 Å². The molecule has 0 unspecified atom stereocenters. The Morgan fingerprint density at radius 2 is 2.24 bits per heavy atom. The fourth-order valence-corrected chi connectivity index (χ4v) is 3.09. The first-order valence-corrected chi connectivity index (χ1v) is 8.00. The van der Waals surface area contributed by atoms with Crippen LogP contribution < -0.4 is 10.2 Å². The van der Waals surface area contributed by atoms with E-state index >= 15 is 0 Å². The lowest BCUT2D eigenvalue weighted by Crippen LogP contribution is -2.27. The van der Waals surface area contributed by atoms with Gasteiger partial charge in [0.25, 0.3) is 0 Å². The molecule has 6 heteroatoms. The van der Waals surface area contributed by atoms with Gasteiger partial charge in [0, 0.05) is 29.6 Å². The zero-order chi connectivity index (χ0) is 15.4. The number of nitrogens with one attached hydrogen (secondary N) is 1. The average molecular weight is 324 g/mol. The fourth-order valence-electron chi connectivity index (χ4n) is 1.98. The van der Waals surface area contributed by atoms with Crippen LogP contribution in [0.25, 0.3) is 0 Å². The molecule has 0 fully saturated rings. The van der Waals surface area contributed by atoms with Crippen molar-refractivity contribution in [2.45, 2.75) is 27.3 Å². The molecule has 21 heavy (non-hydrogen) atoms. The van der Waals surface area contributed by atoms with Crippen molar-refractivity contribution in [3.05, 3.63) is 39.9 Å². The fraction of sp³-hybridized carbons (Fsp3) is 0.333. The molecule has 0 atom stereocenters. The van der Waals surface area contributed by atoms with Crippen LogP contribution in [-0.4, -0.2) is 17.4 Å². The summed E-state index contributed by atoms with van der Waals surface area (Å²) < 4.78 is 0. The molecule has 1 N–H and O–H groups in total. The smallest absolute Gasteiger partial charge is 0.225 e. The van der Waals surface area contributed by atoms with Crippen LogP contribution in [0, 0.1) is 6.92 Å². The molecular formula is C15H18ClN3OS. The highest BCUT2D eigenvalue weighted by atomic mass is 35.5. The van der Waals surface area contributed by atoms with Gasteiger partial charge in [-0.25, -0.2) is 4.98 Å². The highest BCUT2D eigenvalue weighted by molar-refractivity contribution is 7.14. The van der Waals surface area contributed by atoms with Gasteiger partial charge in [0.2, 0.25) is 5.91 Å². The van der Waals surface area contributed by atoms with Crippen LogP contribution >= 0.6 is 22.9 Å². The number of amides is 1. The van der Waals surface area contributed by atoms with E-state index in [4.69, 9.17) is 11.6 Å². The van der Waals surface area contributed by atoms with Crippen molar-refractivity contribution in [1.82, 2.24) is 4.98 Å². The molecule has 2 aromatic rings. The lowest BCUT2D eigenvalue weighted by atomic mass is 10.2. The minimum absolute atomic E-state index is 0.0112. The van der Waals surface area contributed by atoms with Gasteiger partial charge >= 0.3 is 0 Å². The first kappa shape index (κ1) is 15.8. The summed E-state index contributed by atoms with van der Waals surface area (Å²) in [6, 6.07) is 5.77. The van der Waals surface area contributed by atoms with E-state index in [9.17, 15) is 4.79 Å². The minimum atomic E-state index is 0.0112. The van der Waals surface area contributed by atoms with Crippen molar-refractivity contribution < 1.29 is 4.79 Å². The van der Waals surface area contributed by atoms with Crippen LogP contribution in [-0.2, 0) is 11.3 Å². The number of nitrogens with zero attached hydrogens (tertiary/aromatic N) is 2. The number of thiazole rings is 1. The second-order valence-corrected chi connectivity index (χ2v) is 5.89. The van der Waals surface area contributed by atoms with Gasteiger partial charge in [-0.3, -0.25) is 9.69 Å². The summed E-state index contributed by atoms with van der Waals surface area (Å²) >= 11 is 7.58. The van der Waals surface area contributed by atoms with E-state index in [0.29, 0.717) is 13.1 Å². The molecular weight excluding hydrogens is 306 g/mol. The van der Waals surface area contributed by atoms with Crippen molar-refractivity contribution in [1.29, 1.82) is 0 Å². The van der Waals surface area contributed by atoms with Gasteiger partial charge in [0.1, 0.15) is 0 Å². The van der Waals surface area contributed by atoms with E-state index in [-0.39, 0.29) is 5.91 Å². The Labute approximate surface area is 133 Å². The van der Waals surface area contributed by atoms with Gasteiger partial charge < -0.3 is 5.32 Å². The van der Waals surface area contributed by atoms with Crippen molar-refractivity contribution in [2.75, 3.05) is 16.8 Å². The summed E-state index contributed by atoms with van der Waals surface area (Å²) in [5.74, 6) is 0.0112. The normalized spacial score (nSPS) is 10.5. The van der Waals surface area contributed by atoms with Crippen LogP contribution in [0.2, 0.25) is 5.02 Å². The summed E-state index contributed by atoms with van der Waals surface area (Å²) in [4.78, 5) is 17.7. The van der Waals surface area contributed by atoms with E-state index in [1.165, 1.54) is 11.3 Å². The maximum absolute atomic E-state index is 11.5. The molecule has 1 amide bonds. The molecule has 0 saturated carbocycles. The quantitative estimate of drug-likeness (QED) is 0.901. The molecule has 0 radical (unpaired) electrons. The standard InChI is InChI=1S/C15H18ClN3OS/c1-4-19(11(3)20)15-18-12(9-21-15)8-17-14-7-5-6-13(16)10(14)2/h5-7,9,17H,4,8H2,1-3H3. The Balaban J connectivity index is 2.06. The molecule has 4 nitrogen and oxygen atoms in total. The van der Waals surface area contributed by atoms with E-state index < -0.39 is 0 Å². The number of halogens is 1. The predicted octanol–water partition coefficient (Wildman–Crippen LogP) is 4.09. The van der Waals surface area contributed by atoms with Crippen molar-refractivity contribution in [3.63, 3.8) is 0 Å². The van der Waals surface area contributed by atoms with Crippen LogP contribution in [0.1, 0.15) is 25.1 Å². The van der Waals surface area contributed by atoms with E-state index in [2.05, 4.69) is 10.3 Å². The highest BCUT2D eigenvalue weighted by Gasteiger charge is 2.13. The lowest BCUT2D eigenvalue weighted by molar-refractivity contribution is -0.116. The molecule has 0 aliphatic carbocycles. The number of hydrogen-bond acceptors (Lipinski definition) is 4. The summed E-state index contributed by atoms with van der Waals surface area (Å²) in [7, 11) is 0. The maximum atomic E-state index is 11.5. The largest absolute Gasteiger partial charge is 0.379 e. The molecule has 0 bridgehead atoms. The SMILES string of the molecule is CCN(C(C)=O)c1nc(CNc2cccc(Cl)c2C)cs1. The maximum Gasteiger partial charge on any atom is 0.225 e. The van der Waals surface area contributed by atoms with Gasteiger partial charge in [-0.15, -0.1) is 11.3 Å². The van der Waals surface area contributed by atoms with E-state index in [1.54, 1.807) is 11.8 Å². The summed E-state index contributed by atoms with van der Waals surface area (Å²) in [6.45, 7) is 6.70. The summed E-state index contributed by atoms with van der Waals surface area (Å²) in [6.07, 6.45) is 0. The first-order chi connectivity index (χ1) is 10.0. The first-order valence-electron chi connectivity index (χ1n) is 6.74. The van der Waals surface area contributed by atoms with Crippen LogP contribution in [0.4, 0.5) is 10.8 Å². The van der Waals surface area contributed by atoms with Gasteiger partial charge in [0.05, 0.1) is 12.2 Å². The monoisotopic (exact) mass is 323 g/mol. The molecule has 0 aliphatic rings. The highest BCUT2D eigenvalue weighted by Crippen LogP contribution is 2.25. The molecule has 1 heterocycles. The second kappa shape index (κ2) is 6.91. The number of hydrogen-bond donors (Lipinski definition) is 1. The zero-order valence-electron chi connectivity index (χ0n) is 12.3. The molecule has 1 aromatic heterocycles. The molecule has 0 aliphatic heterocycles. The summed E-state index contributed by atoms with van der Waals surface area (Å²) in [5.41, 5.74) is 2.93. The summed E-state index contributed by atoms with van der Waals surface area (Å²) in [5, 5.41) is 6.78. The number of carbonyl (C=O) groups is 1. The second-order valence-electron chi connectivity index (χ2n) is 4.65. The molecule has 0 spiro atoms. The van der Waals surface area contributed by atoms with Crippen molar-refractivity contribution in [2.24, 2.45) is 0 Å². The Hall–Kier alpha value is -1.59. The van der Waals surface area contributed by atoms with Crippen LogP contribution in [0.5, 0.6) is 0 Å². The Morgan fingerprint density at radius 1 is 1.48 bits per heavy atom. The average Bonchev–Trinajstić information content (AvgIpc) is 2.89. The number of anilines is 2.